The number of nitrogens with zero attached hydrogens (tertiary/aromatic N) is 2. The van der Waals surface area contributed by atoms with Crippen molar-refractivity contribution in [1.82, 2.24) is 15.2 Å². The highest BCUT2D eigenvalue weighted by atomic mass is 32.2. The van der Waals surface area contributed by atoms with Gasteiger partial charge in [-0.15, -0.1) is 0 Å². The van der Waals surface area contributed by atoms with Crippen molar-refractivity contribution in [2.75, 3.05) is 18.8 Å². The summed E-state index contributed by atoms with van der Waals surface area (Å²) in [6.07, 6.45) is -3.63. The second kappa shape index (κ2) is 10.5. The molecular weight excluding hydrogens is 387 g/mol. The van der Waals surface area contributed by atoms with E-state index in [9.17, 15) is 18.0 Å². The highest BCUT2D eigenvalue weighted by Crippen LogP contribution is 2.29. The number of halogens is 3. The van der Waals surface area contributed by atoms with Gasteiger partial charge in [-0.1, -0.05) is 49.9 Å². The molecule has 0 radical (unpaired) electrons. The Morgan fingerprint density at radius 1 is 1.07 bits per heavy atom. The number of aromatic nitrogens is 1. The fourth-order valence-electron chi connectivity index (χ4n) is 2.49. The van der Waals surface area contributed by atoms with Gasteiger partial charge in [-0.25, -0.2) is 4.98 Å². The fraction of sp³-hybridized carbons (Fsp3) is 0.400. The third-order valence-corrected chi connectivity index (χ3v) is 5.17. The van der Waals surface area contributed by atoms with Gasteiger partial charge in [0.2, 0.25) is 5.91 Å². The molecule has 0 unspecified atom stereocenters. The average Bonchev–Trinajstić information content (AvgIpc) is 2.69. The predicted molar refractivity (Wildman–Crippen MR) is 105 cm³/mol. The Morgan fingerprint density at radius 2 is 1.71 bits per heavy atom. The molecule has 0 aliphatic rings. The van der Waals surface area contributed by atoms with Crippen LogP contribution in [-0.2, 0) is 24.1 Å². The van der Waals surface area contributed by atoms with E-state index in [4.69, 9.17) is 0 Å². The van der Waals surface area contributed by atoms with Crippen molar-refractivity contribution in [2.24, 2.45) is 0 Å². The Morgan fingerprint density at radius 3 is 2.25 bits per heavy atom. The zero-order valence-corrected chi connectivity index (χ0v) is 16.7. The standard InChI is InChI=1S/C20H24F3N3OS/c1-3-26(4-2)13-16-7-5-15(6-8-16)11-24-18(27)14-28-19-10-9-17(12-25-19)20(21,22)23/h5-10,12H,3-4,11,13-14H2,1-2H3,(H,24,27). The number of nitrogens with one attached hydrogen (secondary N) is 1. The highest BCUT2D eigenvalue weighted by Gasteiger charge is 2.30. The lowest BCUT2D eigenvalue weighted by molar-refractivity contribution is -0.137. The van der Waals surface area contributed by atoms with Crippen molar-refractivity contribution in [3.05, 3.63) is 59.3 Å². The zero-order valence-electron chi connectivity index (χ0n) is 15.9. The van der Waals surface area contributed by atoms with E-state index in [-0.39, 0.29) is 11.7 Å². The number of carbonyl (C=O) groups is 1. The maximum absolute atomic E-state index is 12.5. The summed E-state index contributed by atoms with van der Waals surface area (Å²) in [7, 11) is 0. The molecule has 0 spiro atoms. The molecule has 1 heterocycles. The van der Waals surface area contributed by atoms with Gasteiger partial charge in [0.25, 0.3) is 0 Å². The number of benzene rings is 1. The summed E-state index contributed by atoms with van der Waals surface area (Å²) in [5.74, 6) is -0.0998. The van der Waals surface area contributed by atoms with Crippen LogP contribution in [0.25, 0.3) is 0 Å². The van der Waals surface area contributed by atoms with Gasteiger partial charge >= 0.3 is 6.18 Å². The molecule has 1 aromatic carbocycles. The SMILES string of the molecule is CCN(CC)Cc1ccc(CNC(=O)CSc2ccc(C(F)(F)F)cn2)cc1. The lowest BCUT2D eigenvalue weighted by Crippen LogP contribution is -2.24. The molecule has 152 valence electrons. The van der Waals surface area contributed by atoms with E-state index in [0.29, 0.717) is 11.6 Å². The number of carbonyl (C=O) groups excluding carboxylic acids is 1. The van der Waals surface area contributed by atoms with Gasteiger partial charge in [0.05, 0.1) is 16.3 Å². The molecule has 0 fully saturated rings. The number of hydrogen-bond acceptors (Lipinski definition) is 4. The van der Waals surface area contributed by atoms with Crippen molar-refractivity contribution in [1.29, 1.82) is 0 Å². The van der Waals surface area contributed by atoms with Crippen LogP contribution < -0.4 is 5.32 Å². The first-order valence-electron chi connectivity index (χ1n) is 9.04. The van der Waals surface area contributed by atoms with Crippen LogP contribution in [0.3, 0.4) is 0 Å². The monoisotopic (exact) mass is 411 g/mol. The van der Waals surface area contributed by atoms with Crippen molar-refractivity contribution < 1.29 is 18.0 Å². The summed E-state index contributed by atoms with van der Waals surface area (Å²) in [5, 5.41) is 3.19. The zero-order chi connectivity index (χ0) is 20.6. The first-order chi connectivity index (χ1) is 13.3. The van der Waals surface area contributed by atoms with Gasteiger partial charge in [-0.05, 0) is 36.3 Å². The molecule has 0 aliphatic carbocycles. The van der Waals surface area contributed by atoms with Gasteiger partial charge in [0.1, 0.15) is 0 Å². The minimum atomic E-state index is -4.41. The van der Waals surface area contributed by atoms with Crippen molar-refractivity contribution in [2.45, 2.75) is 38.1 Å². The van der Waals surface area contributed by atoms with Gasteiger partial charge < -0.3 is 5.32 Å². The van der Waals surface area contributed by atoms with Gasteiger partial charge in [-0.2, -0.15) is 13.2 Å². The molecule has 1 N–H and O–H groups in total. The van der Waals surface area contributed by atoms with Gasteiger partial charge in [0.15, 0.2) is 0 Å². The molecule has 28 heavy (non-hydrogen) atoms. The lowest BCUT2D eigenvalue weighted by Gasteiger charge is -2.18. The van der Waals surface area contributed by atoms with E-state index in [2.05, 4.69) is 41.2 Å². The van der Waals surface area contributed by atoms with E-state index < -0.39 is 11.7 Å². The number of pyridine rings is 1. The van der Waals surface area contributed by atoms with Crippen molar-refractivity contribution in [3.63, 3.8) is 0 Å². The van der Waals surface area contributed by atoms with Gasteiger partial charge in [0, 0.05) is 19.3 Å². The summed E-state index contributed by atoms with van der Waals surface area (Å²) in [6, 6.07) is 10.3. The van der Waals surface area contributed by atoms with Crippen molar-refractivity contribution >= 4 is 17.7 Å². The molecule has 1 amide bonds. The van der Waals surface area contributed by atoms with Crippen LogP contribution in [0.2, 0.25) is 0 Å². The highest BCUT2D eigenvalue weighted by molar-refractivity contribution is 7.99. The van der Waals surface area contributed by atoms with Crippen LogP contribution in [0.15, 0.2) is 47.6 Å². The molecule has 0 saturated carbocycles. The second-order valence-corrected chi connectivity index (χ2v) is 7.22. The molecular formula is C20H24F3N3OS. The maximum Gasteiger partial charge on any atom is 0.417 e. The summed E-state index contributed by atoms with van der Waals surface area (Å²) in [5.41, 5.74) is 1.42. The normalized spacial score (nSPS) is 11.6. The minimum absolute atomic E-state index is 0.0956. The molecule has 0 bridgehead atoms. The minimum Gasteiger partial charge on any atom is -0.351 e. The molecule has 1 aromatic heterocycles. The molecule has 2 aromatic rings. The number of rotatable bonds is 9. The van der Waals surface area contributed by atoms with E-state index in [1.165, 1.54) is 11.6 Å². The molecule has 8 heteroatoms. The van der Waals surface area contributed by atoms with Crippen LogP contribution in [0, 0.1) is 0 Å². The smallest absolute Gasteiger partial charge is 0.351 e. The Bertz CT molecular complexity index is 745. The molecule has 0 aliphatic heterocycles. The summed E-state index contributed by atoms with van der Waals surface area (Å²) in [6.45, 7) is 7.57. The Labute approximate surface area is 167 Å². The Kier molecular flexibility index (Phi) is 8.32. The molecule has 0 atom stereocenters. The summed E-state index contributed by atoms with van der Waals surface area (Å²) >= 11 is 1.10. The largest absolute Gasteiger partial charge is 0.417 e. The molecule has 0 saturated heterocycles. The van der Waals surface area contributed by atoms with Gasteiger partial charge in [-0.3, -0.25) is 9.69 Å². The van der Waals surface area contributed by atoms with E-state index in [0.717, 1.165) is 49.2 Å². The van der Waals surface area contributed by atoms with Crippen LogP contribution in [-0.4, -0.2) is 34.6 Å². The number of hydrogen-bond donors (Lipinski definition) is 1. The van der Waals surface area contributed by atoms with Crippen LogP contribution >= 0.6 is 11.8 Å². The number of alkyl halides is 3. The first kappa shape index (κ1) is 22.2. The predicted octanol–water partition coefficient (Wildman–Crippen LogP) is 4.35. The third kappa shape index (κ3) is 7.16. The van der Waals surface area contributed by atoms with E-state index in [1.807, 2.05) is 12.1 Å². The van der Waals surface area contributed by atoms with Crippen LogP contribution in [0.4, 0.5) is 13.2 Å². The van der Waals surface area contributed by atoms with Crippen LogP contribution in [0.1, 0.15) is 30.5 Å². The maximum atomic E-state index is 12.5. The third-order valence-electron chi connectivity index (χ3n) is 4.23. The Balaban J connectivity index is 1.76. The fourth-order valence-corrected chi connectivity index (χ4v) is 3.17. The second-order valence-electron chi connectivity index (χ2n) is 6.23. The molecule has 2 rings (SSSR count). The molecule has 4 nitrogen and oxygen atoms in total. The number of thioether (sulfide) groups is 1. The van der Waals surface area contributed by atoms with Crippen molar-refractivity contribution in [3.8, 4) is 0 Å². The van der Waals surface area contributed by atoms with E-state index >= 15 is 0 Å². The lowest BCUT2D eigenvalue weighted by atomic mass is 10.1. The van der Waals surface area contributed by atoms with E-state index in [1.54, 1.807) is 0 Å². The summed E-state index contributed by atoms with van der Waals surface area (Å²) < 4.78 is 37.5. The summed E-state index contributed by atoms with van der Waals surface area (Å²) in [4.78, 5) is 18.0. The number of amides is 1. The quantitative estimate of drug-likeness (QED) is 0.623. The topological polar surface area (TPSA) is 45.2 Å². The first-order valence-corrected chi connectivity index (χ1v) is 10.0. The van der Waals surface area contributed by atoms with Crippen LogP contribution in [0.5, 0.6) is 0 Å². The Hall–Kier alpha value is -2.06. The average molecular weight is 411 g/mol.